The van der Waals surface area contributed by atoms with Crippen molar-refractivity contribution in [1.29, 1.82) is 0 Å². The summed E-state index contributed by atoms with van der Waals surface area (Å²) in [6.07, 6.45) is 21.3. The quantitative estimate of drug-likeness (QED) is 0.0566. The second-order valence-electron chi connectivity index (χ2n) is 10.3. The van der Waals surface area contributed by atoms with Crippen LogP contribution in [0.4, 0.5) is 5.69 Å². The molecular formula is C35H51NO4. The van der Waals surface area contributed by atoms with E-state index in [9.17, 15) is 4.79 Å². The monoisotopic (exact) mass is 549 g/mol. The first-order chi connectivity index (χ1) is 19.7. The molecule has 0 fully saturated rings. The third-order valence-corrected chi connectivity index (χ3v) is 6.81. The third-order valence-electron chi connectivity index (χ3n) is 6.81. The fourth-order valence-corrected chi connectivity index (χ4v) is 4.36. The topological polar surface area (TPSA) is 57.1 Å². The maximum Gasteiger partial charge on any atom is 0.330 e. The summed E-state index contributed by atoms with van der Waals surface area (Å²) >= 11 is 0. The van der Waals surface area contributed by atoms with Crippen LogP contribution in [0, 0.1) is 0 Å². The minimum absolute atomic E-state index is 0.326. The van der Waals surface area contributed by atoms with E-state index in [1.807, 2.05) is 54.7 Å². The maximum atomic E-state index is 11.0. The molecule has 0 heterocycles. The first kappa shape index (κ1) is 33.1. The molecule has 2 aromatic carbocycles. The SMILES string of the molecule is C=CC(=O)OCCCCCCCCCCCOc1ccc(C=Nc2ccc(OCCCCCCCC)cc2)cc1. The highest BCUT2D eigenvalue weighted by Gasteiger charge is 1.99. The smallest absolute Gasteiger partial charge is 0.330 e. The number of hydrogen-bond acceptors (Lipinski definition) is 5. The average Bonchev–Trinajstić information content (AvgIpc) is 2.99. The first-order valence-corrected chi connectivity index (χ1v) is 15.5. The van der Waals surface area contributed by atoms with Crippen LogP contribution in [0.15, 0.2) is 66.2 Å². The molecule has 0 aromatic heterocycles. The van der Waals surface area contributed by atoms with E-state index in [1.165, 1.54) is 76.7 Å². The first-order valence-electron chi connectivity index (χ1n) is 15.5. The summed E-state index contributed by atoms with van der Waals surface area (Å²) in [4.78, 5) is 15.5. The lowest BCUT2D eigenvalue weighted by molar-refractivity contribution is -0.137. The van der Waals surface area contributed by atoms with Crippen LogP contribution in [-0.2, 0) is 9.53 Å². The van der Waals surface area contributed by atoms with Gasteiger partial charge in [0.05, 0.1) is 25.5 Å². The predicted molar refractivity (Wildman–Crippen MR) is 167 cm³/mol. The van der Waals surface area contributed by atoms with E-state index in [0.717, 1.165) is 61.6 Å². The van der Waals surface area contributed by atoms with Crippen LogP contribution in [0.3, 0.4) is 0 Å². The van der Waals surface area contributed by atoms with Crippen molar-refractivity contribution in [3.05, 3.63) is 66.7 Å². The maximum absolute atomic E-state index is 11.0. The molecule has 0 unspecified atom stereocenters. The van der Waals surface area contributed by atoms with Crippen LogP contribution < -0.4 is 9.47 Å². The van der Waals surface area contributed by atoms with Crippen molar-refractivity contribution >= 4 is 17.9 Å². The van der Waals surface area contributed by atoms with Crippen molar-refractivity contribution in [2.45, 2.75) is 103 Å². The van der Waals surface area contributed by atoms with Gasteiger partial charge in [0.15, 0.2) is 0 Å². The van der Waals surface area contributed by atoms with Crippen molar-refractivity contribution in [2.75, 3.05) is 19.8 Å². The lowest BCUT2D eigenvalue weighted by atomic mass is 10.1. The van der Waals surface area contributed by atoms with Crippen LogP contribution in [0.5, 0.6) is 11.5 Å². The number of nitrogens with zero attached hydrogens (tertiary/aromatic N) is 1. The van der Waals surface area contributed by atoms with Gasteiger partial charge in [0.1, 0.15) is 11.5 Å². The van der Waals surface area contributed by atoms with Crippen molar-refractivity contribution in [3.8, 4) is 11.5 Å². The van der Waals surface area contributed by atoms with E-state index >= 15 is 0 Å². The molecule has 2 rings (SSSR count). The zero-order valence-corrected chi connectivity index (χ0v) is 24.8. The van der Waals surface area contributed by atoms with Crippen LogP contribution in [0.25, 0.3) is 0 Å². The van der Waals surface area contributed by atoms with E-state index in [-0.39, 0.29) is 5.97 Å². The molecule has 220 valence electrons. The lowest BCUT2D eigenvalue weighted by Gasteiger charge is -2.07. The van der Waals surface area contributed by atoms with Crippen molar-refractivity contribution in [2.24, 2.45) is 4.99 Å². The predicted octanol–water partition coefficient (Wildman–Crippen LogP) is 9.80. The van der Waals surface area contributed by atoms with Gasteiger partial charge in [-0.05, 0) is 73.4 Å². The number of carbonyl (C=O) groups is 1. The van der Waals surface area contributed by atoms with E-state index in [1.54, 1.807) is 0 Å². The van der Waals surface area contributed by atoms with E-state index < -0.39 is 0 Å². The molecule has 0 radical (unpaired) electrons. The van der Waals surface area contributed by atoms with Gasteiger partial charge in [-0.25, -0.2) is 4.79 Å². The summed E-state index contributed by atoms with van der Waals surface area (Å²) in [6, 6.07) is 16.1. The van der Waals surface area contributed by atoms with Gasteiger partial charge >= 0.3 is 5.97 Å². The number of carbonyl (C=O) groups excluding carboxylic acids is 1. The molecule has 0 saturated carbocycles. The molecule has 5 nitrogen and oxygen atoms in total. The number of unbranched alkanes of at least 4 members (excludes halogenated alkanes) is 13. The van der Waals surface area contributed by atoms with Gasteiger partial charge in [0.2, 0.25) is 0 Å². The summed E-state index contributed by atoms with van der Waals surface area (Å²) < 4.78 is 16.8. The Labute approximate surface area is 243 Å². The highest BCUT2D eigenvalue weighted by Crippen LogP contribution is 2.19. The Balaban J connectivity index is 1.49. The van der Waals surface area contributed by atoms with Crippen LogP contribution >= 0.6 is 0 Å². The Morgan fingerprint density at radius 2 is 1.10 bits per heavy atom. The number of hydrogen-bond donors (Lipinski definition) is 0. The molecule has 0 atom stereocenters. The van der Waals surface area contributed by atoms with Gasteiger partial charge in [-0.2, -0.15) is 0 Å². The van der Waals surface area contributed by atoms with E-state index in [2.05, 4.69) is 18.5 Å². The number of aliphatic imine (C=N–C) groups is 1. The van der Waals surface area contributed by atoms with Gasteiger partial charge in [0, 0.05) is 12.3 Å². The fourth-order valence-electron chi connectivity index (χ4n) is 4.36. The summed E-state index contributed by atoms with van der Waals surface area (Å²) in [5.41, 5.74) is 1.97. The minimum Gasteiger partial charge on any atom is -0.494 e. The standard InChI is InChI=1S/C35H51NO4/c1-3-5-6-7-13-16-28-39-34-25-21-32(22-26-34)36-30-31-19-23-33(24-20-31)38-27-17-14-11-9-8-10-12-15-18-29-40-35(37)4-2/h4,19-26,30H,2-3,5-18,27-29H2,1H3. The zero-order valence-electron chi connectivity index (χ0n) is 24.8. The Morgan fingerprint density at radius 1 is 0.650 bits per heavy atom. The second kappa shape index (κ2) is 22.7. The average molecular weight is 550 g/mol. The Morgan fingerprint density at radius 3 is 1.60 bits per heavy atom. The number of benzene rings is 2. The van der Waals surface area contributed by atoms with E-state index in [4.69, 9.17) is 14.2 Å². The molecule has 0 N–H and O–H groups in total. The third kappa shape index (κ3) is 16.8. The van der Waals surface area contributed by atoms with Gasteiger partial charge in [-0.3, -0.25) is 4.99 Å². The number of esters is 1. The van der Waals surface area contributed by atoms with Crippen LogP contribution in [-0.4, -0.2) is 32.0 Å². The highest BCUT2D eigenvalue weighted by molar-refractivity contribution is 5.82. The van der Waals surface area contributed by atoms with Crippen LogP contribution in [0.1, 0.15) is 109 Å². The Bertz CT molecular complexity index is 937. The summed E-state index contributed by atoms with van der Waals surface area (Å²) in [5, 5.41) is 0. The largest absolute Gasteiger partial charge is 0.494 e. The van der Waals surface area contributed by atoms with Crippen LogP contribution in [0.2, 0.25) is 0 Å². The van der Waals surface area contributed by atoms with Crippen molar-refractivity contribution in [3.63, 3.8) is 0 Å². The van der Waals surface area contributed by atoms with Crippen molar-refractivity contribution < 1.29 is 19.0 Å². The molecule has 0 amide bonds. The van der Waals surface area contributed by atoms with Gasteiger partial charge in [0.25, 0.3) is 0 Å². The summed E-state index contributed by atoms with van der Waals surface area (Å²) in [6.45, 7) is 7.68. The molecule has 0 aliphatic heterocycles. The molecule has 0 saturated heterocycles. The normalized spacial score (nSPS) is 11.0. The molecule has 40 heavy (non-hydrogen) atoms. The Kier molecular flexibility index (Phi) is 18.8. The van der Waals surface area contributed by atoms with Gasteiger partial charge in [-0.1, -0.05) is 90.6 Å². The number of rotatable bonds is 24. The summed E-state index contributed by atoms with van der Waals surface area (Å²) in [5.74, 6) is 1.49. The summed E-state index contributed by atoms with van der Waals surface area (Å²) in [7, 11) is 0. The molecule has 0 aliphatic carbocycles. The molecule has 0 spiro atoms. The van der Waals surface area contributed by atoms with E-state index in [0.29, 0.717) is 6.61 Å². The zero-order chi connectivity index (χ0) is 28.5. The molecule has 2 aromatic rings. The molecule has 5 heteroatoms. The molecule has 0 aliphatic rings. The van der Waals surface area contributed by atoms with Gasteiger partial charge in [-0.15, -0.1) is 0 Å². The minimum atomic E-state index is -0.326. The lowest BCUT2D eigenvalue weighted by Crippen LogP contribution is -2.01. The number of ether oxygens (including phenoxy) is 3. The fraction of sp³-hybridized carbons (Fsp3) is 0.543. The highest BCUT2D eigenvalue weighted by atomic mass is 16.5. The molecule has 0 bridgehead atoms. The van der Waals surface area contributed by atoms with Crippen molar-refractivity contribution in [1.82, 2.24) is 0 Å². The molecular weight excluding hydrogens is 498 g/mol. The Hall–Kier alpha value is -3.08. The second-order valence-corrected chi connectivity index (χ2v) is 10.3. The van der Waals surface area contributed by atoms with Gasteiger partial charge < -0.3 is 14.2 Å².